The SMILES string of the molecule is C=C(c1ccc(C2(C)C=CC3=C4C(=CC=CC42)C2=C3CCC=C2)cc1)c1ccccc1N=C(N)n1c2c(c3c1C=C(C1=CC4=C(CC1)SC1C=CC=CC41)CC3)CCC=C2. The quantitative estimate of drug-likeness (QED) is 0.206. The number of nitrogens with two attached hydrogens (primary N) is 1. The van der Waals surface area contributed by atoms with Crippen molar-refractivity contribution < 1.29 is 0 Å². The molecule has 0 spiro atoms. The van der Waals surface area contributed by atoms with Crippen LogP contribution in [0.1, 0.15) is 84.7 Å². The number of allylic oxidation sites excluding steroid dienone is 21. The highest BCUT2D eigenvalue weighted by Crippen LogP contribution is 2.56. The summed E-state index contributed by atoms with van der Waals surface area (Å²) in [6.07, 6.45) is 44.0. The maximum Gasteiger partial charge on any atom is 0.205 e. The van der Waals surface area contributed by atoms with Gasteiger partial charge < -0.3 is 5.73 Å². The van der Waals surface area contributed by atoms with E-state index in [2.05, 4.69) is 170 Å². The molecule has 2 heterocycles. The summed E-state index contributed by atoms with van der Waals surface area (Å²) in [5.74, 6) is 1.29. The van der Waals surface area contributed by atoms with Crippen molar-refractivity contribution in [3.8, 4) is 0 Å². The van der Waals surface area contributed by atoms with Gasteiger partial charge in [-0.3, -0.25) is 4.57 Å². The summed E-state index contributed by atoms with van der Waals surface area (Å²) in [6, 6.07) is 17.4. The Morgan fingerprint density at radius 2 is 1.60 bits per heavy atom. The molecule has 3 aromatic rings. The van der Waals surface area contributed by atoms with Crippen molar-refractivity contribution >= 4 is 41.1 Å². The van der Waals surface area contributed by atoms with E-state index in [1.54, 1.807) is 4.91 Å². The molecule has 1 aromatic heterocycles. The highest BCUT2D eigenvalue weighted by molar-refractivity contribution is 8.04. The van der Waals surface area contributed by atoms with Crippen molar-refractivity contribution in [2.75, 3.05) is 0 Å². The van der Waals surface area contributed by atoms with Crippen molar-refractivity contribution in [3.63, 3.8) is 0 Å². The molecule has 4 heteroatoms. The summed E-state index contributed by atoms with van der Waals surface area (Å²) in [6.45, 7) is 7.06. The van der Waals surface area contributed by atoms with Gasteiger partial charge in [-0.15, -0.1) is 11.8 Å². The van der Waals surface area contributed by atoms with Gasteiger partial charge in [-0.1, -0.05) is 135 Å². The summed E-state index contributed by atoms with van der Waals surface area (Å²) < 4.78 is 2.24. The molecule has 8 aliphatic carbocycles. The molecule has 3 nitrogen and oxygen atoms in total. The molecule has 294 valence electrons. The van der Waals surface area contributed by atoms with E-state index in [4.69, 9.17) is 10.7 Å². The second-order valence-corrected chi connectivity index (χ2v) is 19.1. The van der Waals surface area contributed by atoms with Gasteiger partial charge in [0, 0.05) is 28.1 Å². The first-order valence-electron chi connectivity index (χ1n) is 22.0. The Hall–Kier alpha value is -5.84. The van der Waals surface area contributed by atoms with Crippen molar-refractivity contribution in [1.82, 2.24) is 4.57 Å². The van der Waals surface area contributed by atoms with Crippen LogP contribution in [0.3, 0.4) is 0 Å². The molecule has 0 fully saturated rings. The second kappa shape index (κ2) is 13.9. The van der Waals surface area contributed by atoms with Crippen molar-refractivity contribution in [3.05, 3.63) is 223 Å². The Labute approximate surface area is 358 Å². The molecule has 2 aromatic carbocycles. The Kier molecular flexibility index (Phi) is 8.33. The van der Waals surface area contributed by atoms with Crippen LogP contribution >= 0.6 is 11.8 Å². The lowest BCUT2D eigenvalue weighted by molar-refractivity contribution is 0.477. The first-order valence-corrected chi connectivity index (χ1v) is 22.9. The molecule has 2 N–H and O–H groups in total. The van der Waals surface area contributed by atoms with E-state index < -0.39 is 0 Å². The molecule has 0 saturated carbocycles. The standard InChI is InChI=1S/C56H49N3S/c1-34(35-22-26-38(27-23-35)56(2)31-30-46-41-14-4-3-13-40(41)45-17-11-18-48(56)54(45)46)39-12-5-8-19-49(39)58-55(57)59-50-20-9-6-15-42(50)43-28-24-37(33-51(43)59)36-25-29-53-47(32-36)44-16-7-10-21-52(44)60-53/h3,5,7-13,16-23,26-27,30-33,44,48,52H,1,4,6,14-15,24-25,28-29H2,2H3,(H2,57,58). The smallest absolute Gasteiger partial charge is 0.205 e. The van der Waals surface area contributed by atoms with E-state index in [1.165, 1.54) is 72.7 Å². The summed E-state index contributed by atoms with van der Waals surface area (Å²) in [4.78, 5) is 6.83. The lowest BCUT2D eigenvalue weighted by Crippen LogP contribution is -2.33. The predicted octanol–water partition coefficient (Wildman–Crippen LogP) is 13.1. The minimum Gasteiger partial charge on any atom is -0.369 e. The third kappa shape index (κ3) is 5.46. The maximum atomic E-state index is 7.18. The number of thioether (sulfide) groups is 1. The average molecular weight is 796 g/mol. The van der Waals surface area contributed by atoms with Crippen LogP contribution in [-0.4, -0.2) is 15.8 Å². The number of aliphatic imine (C=N–C) groups is 1. The highest BCUT2D eigenvalue weighted by Gasteiger charge is 2.44. The number of para-hydroxylation sites is 1. The van der Waals surface area contributed by atoms with E-state index in [-0.39, 0.29) is 5.41 Å². The van der Waals surface area contributed by atoms with Gasteiger partial charge in [-0.25, -0.2) is 4.99 Å². The Balaban J connectivity index is 0.852. The van der Waals surface area contributed by atoms with Crippen LogP contribution in [0.25, 0.3) is 17.7 Å². The zero-order valence-electron chi connectivity index (χ0n) is 34.3. The maximum absolute atomic E-state index is 7.18. The van der Waals surface area contributed by atoms with Gasteiger partial charge >= 0.3 is 0 Å². The summed E-state index contributed by atoms with van der Waals surface area (Å²) in [5.41, 5.74) is 29.3. The number of hydrogen-bond donors (Lipinski definition) is 1. The summed E-state index contributed by atoms with van der Waals surface area (Å²) in [5, 5.41) is 0.546. The number of rotatable bonds is 5. The van der Waals surface area contributed by atoms with Gasteiger partial charge in [0.1, 0.15) is 0 Å². The van der Waals surface area contributed by atoms with Crippen LogP contribution < -0.4 is 5.73 Å². The van der Waals surface area contributed by atoms with Crippen LogP contribution in [0.5, 0.6) is 0 Å². The molecule has 4 atom stereocenters. The number of fused-ring (bicyclic) bond motifs is 7. The first kappa shape index (κ1) is 36.0. The summed E-state index contributed by atoms with van der Waals surface area (Å²) >= 11 is 2.07. The lowest BCUT2D eigenvalue weighted by Gasteiger charge is -2.40. The van der Waals surface area contributed by atoms with E-state index in [1.807, 2.05) is 0 Å². The van der Waals surface area contributed by atoms with Crippen LogP contribution in [0.4, 0.5) is 5.69 Å². The van der Waals surface area contributed by atoms with Crippen molar-refractivity contribution in [1.29, 1.82) is 0 Å². The normalized spacial score (nSPS) is 26.6. The first-order chi connectivity index (χ1) is 29.4. The van der Waals surface area contributed by atoms with E-state index >= 15 is 0 Å². The van der Waals surface area contributed by atoms with E-state index in [0.717, 1.165) is 73.8 Å². The van der Waals surface area contributed by atoms with Crippen LogP contribution in [-0.2, 0) is 18.3 Å². The highest BCUT2D eigenvalue weighted by atomic mass is 32.2. The minimum absolute atomic E-state index is 0.155. The Morgan fingerprint density at radius 3 is 2.52 bits per heavy atom. The molecule has 0 saturated heterocycles. The van der Waals surface area contributed by atoms with Gasteiger partial charge in [-0.05, 0) is 147 Å². The molecule has 0 amide bonds. The van der Waals surface area contributed by atoms with Gasteiger partial charge in [0.15, 0.2) is 0 Å². The molecule has 12 rings (SSSR count). The molecule has 0 bridgehead atoms. The van der Waals surface area contributed by atoms with Gasteiger partial charge in [-0.2, -0.15) is 0 Å². The molecular weight excluding hydrogens is 747 g/mol. The van der Waals surface area contributed by atoms with Crippen LogP contribution in [0, 0.1) is 11.8 Å². The second-order valence-electron chi connectivity index (χ2n) is 17.9. The van der Waals surface area contributed by atoms with Gasteiger partial charge in [0.2, 0.25) is 5.96 Å². The number of hydrogen-bond acceptors (Lipinski definition) is 2. The molecule has 9 aliphatic rings. The third-order valence-corrected chi connectivity index (χ3v) is 16.1. The molecule has 1 aliphatic heterocycles. The summed E-state index contributed by atoms with van der Waals surface area (Å²) in [7, 11) is 0. The Morgan fingerprint density at radius 1 is 0.800 bits per heavy atom. The topological polar surface area (TPSA) is 43.3 Å². The average Bonchev–Trinajstić information content (AvgIpc) is 3.95. The zero-order valence-corrected chi connectivity index (χ0v) is 35.1. The number of aromatic nitrogens is 1. The van der Waals surface area contributed by atoms with Gasteiger partial charge in [0.25, 0.3) is 0 Å². The molecular formula is C56H49N3S. The fourth-order valence-electron chi connectivity index (χ4n) is 11.6. The predicted molar refractivity (Wildman–Crippen MR) is 253 cm³/mol. The van der Waals surface area contributed by atoms with Crippen LogP contribution in [0.2, 0.25) is 0 Å². The molecule has 0 radical (unpaired) electrons. The number of benzene rings is 2. The Bertz CT molecular complexity index is 2880. The van der Waals surface area contributed by atoms with E-state index in [0.29, 0.717) is 23.0 Å². The van der Waals surface area contributed by atoms with Crippen molar-refractivity contribution in [2.45, 2.75) is 69.0 Å². The number of nitrogens with zero attached hydrogens (tertiary/aromatic N) is 2. The zero-order chi connectivity index (χ0) is 40.1. The van der Waals surface area contributed by atoms with E-state index in [9.17, 15) is 0 Å². The monoisotopic (exact) mass is 795 g/mol. The molecule has 60 heavy (non-hydrogen) atoms. The fourth-order valence-corrected chi connectivity index (χ4v) is 13.0. The fraction of sp³-hybridized carbons (Fsp3) is 0.232. The van der Waals surface area contributed by atoms with Gasteiger partial charge in [0.05, 0.1) is 17.1 Å². The lowest BCUT2D eigenvalue weighted by atomic mass is 9.63. The van der Waals surface area contributed by atoms with Crippen LogP contribution in [0.15, 0.2) is 189 Å². The van der Waals surface area contributed by atoms with Crippen molar-refractivity contribution in [2.24, 2.45) is 22.6 Å². The molecule has 4 unspecified atom stereocenters. The minimum atomic E-state index is -0.155. The third-order valence-electron chi connectivity index (χ3n) is 14.7. The largest absolute Gasteiger partial charge is 0.369 e.